The lowest BCUT2D eigenvalue weighted by Gasteiger charge is -2.12. The molecule has 0 bridgehead atoms. The number of esters is 1. The second kappa shape index (κ2) is 11.9. The molecule has 0 saturated carbocycles. The topological polar surface area (TPSA) is 55.8 Å². The maximum absolute atomic E-state index is 11.3. The number of aliphatic hydroxyl groups is 1. The molecule has 0 radical (unpaired) electrons. The molecule has 130 valence electrons. The molecule has 0 heterocycles. The van der Waals surface area contributed by atoms with Crippen LogP contribution in [0.2, 0.25) is 0 Å². The van der Waals surface area contributed by atoms with Gasteiger partial charge >= 0.3 is 5.97 Å². The summed E-state index contributed by atoms with van der Waals surface area (Å²) in [6.07, 6.45) is 6.04. The third kappa shape index (κ3) is 8.60. The second-order valence-electron chi connectivity index (χ2n) is 5.69. The maximum atomic E-state index is 11.3. The molecule has 0 fully saturated rings. The first-order valence-electron chi connectivity index (χ1n) is 8.73. The van der Waals surface area contributed by atoms with Crippen molar-refractivity contribution in [3.8, 4) is 5.75 Å². The molecule has 0 aromatic heterocycles. The summed E-state index contributed by atoms with van der Waals surface area (Å²) < 4.78 is 10.6. The molecule has 1 rings (SSSR count). The van der Waals surface area contributed by atoms with Gasteiger partial charge in [-0.2, -0.15) is 0 Å². The van der Waals surface area contributed by atoms with Gasteiger partial charge in [0.1, 0.15) is 5.75 Å². The zero-order valence-electron chi connectivity index (χ0n) is 14.4. The van der Waals surface area contributed by atoms with Crippen LogP contribution in [0.25, 0.3) is 0 Å². The van der Waals surface area contributed by atoms with E-state index in [1.54, 1.807) is 6.92 Å². The Bertz CT molecular complexity index is 428. The fourth-order valence-corrected chi connectivity index (χ4v) is 2.34. The summed E-state index contributed by atoms with van der Waals surface area (Å²) >= 11 is 0. The fourth-order valence-electron chi connectivity index (χ4n) is 2.34. The van der Waals surface area contributed by atoms with E-state index in [1.807, 2.05) is 24.3 Å². The summed E-state index contributed by atoms with van der Waals surface area (Å²) in [6.45, 7) is 5.09. The third-order valence-electron chi connectivity index (χ3n) is 3.71. The molecule has 0 aliphatic heterocycles. The number of rotatable bonds is 12. The van der Waals surface area contributed by atoms with Gasteiger partial charge in [-0.1, -0.05) is 44.7 Å². The van der Waals surface area contributed by atoms with Gasteiger partial charge in [0.25, 0.3) is 0 Å². The molecule has 1 atom stereocenters. The van der Waals surface area contributed by atoms with Gasteiger partial charge in [-0.3, -0.25) is 4.79 Å². The quantitative estimate of drug-likeness (QED) is 0.457. The minimum Gasteiger partial charge on any atom is -0.494 e. The first-order chi connectivity index (χ1) is 11.2. The van der Waals surface area contributed by atoms with Crippen LogP contribution in [-0.2, 0) is 9.53 Å². The number of hydrogen-bond acceptors (Lipinski definition) is 4. The largest absolute Gasteiger partial charge is 0.494 e. The number of carbonyl (C=O) groups excluding carboxylic acids is 1. The molecule has 0 saturated heterocycles. The van der Waals surface area contributed by atoms with Crippen molar-refractivity contribution in [3.63, 3.8) is 0 Å². The van der Waals surface area contributed by atoms with Crippen LogP contribution in [-0.4, -0.2) is 24.3 Å². The van der Waals surface area contributed by atoms with E-state index in [0.29, 0.717) is 13.0 Å². The summed E-state index contributed by atoms with van der Waals surface area (Å²) in [5.74, 6) is 0.552. The Balaban J connectivity index is 2.27. The zero-order chi connectivity index (χ0) is 16.9. The molecule has 0 spiro atoms. The molecule has 1 aromatic rings. The monoisotopic (exact) mass is 322 g/mol. The Hall–Kier alpha value is -1.55. The van der Waals surface area contributed by atoms with Crippen LogP contribution >= 0.6 is 0 Å². The van der Waals surface area contributed by atoms with Crippen LogP contribution in [0.4, 0.5) is 0 Å². The van der Waals surface area contributed by atoms with Crippen molar-refractivity contribution in [1.29, 1.82) is 0 Å². The summed E-state index contributed by atoms with van der Waals surface area (Å²) in [7, 11) is 0. The normalized spacial score (nSPS) is 12.0. The van der Waals surface area contributed by atoms with Crippen LogP contribution < -0.4 is 4.74 Å². The lowest BCUT2D eigenvalue weighted by atomic mass is 10.0. The Kier molecular flexibility index (Phi) is 10.1. The van der Waals surface area contributed by atoms with Crippen molar-refractivity contribution in [1.82, 2.24) is 0 Å². The van der Waals surface area contributed by atoms with Crippen molar-refractivity contribution in [2.24, 2.45) is 0 Å². The summed E-state index contributed by atoms with van der Waals surface area (Å²) in [6, 6.07) is 7.44. The zero-order valence-corrected chi connectivity index (χ0v) is 14.4. The highest BCUT2D eigenvalue weighted by molar-refractivity contribution is 5.69. The standard InChI is InChI=1S/C19H30O4/c1-3-5-6-7-8-15-23-17-11-9-16(10-12-17)18(20)13-14-19(21)22-4-2/h9-12,18,20H,3-8,13-15H2,1-2H3. The molecule has 0 aliphatic carbocycles. The molecule has 23 heavy (non-hydrogen) atoms. The number of ether oxygens (including phenoxy) is 2. The van der Waals surface area contributed by atoms with Crippen LogP contribution in [0, 0.1) is 0 Å². The van der Waals surface area contributed by atoms with Crippen LogP contribution in [0.5, 0.6) is 5.75 Å². The number of hydrogen-bond donors (Lipinski definition) is 1. The van der Waals surface area contributed by atoms with E-state index in [0.717, 1.165) is 24.3 Å². The molecular formula is C19H30O4. The predicted molar refractivity (Wildman–Crippen MR) is 91.5 cm³/mol. The van der Waals surface area contributed by atoms with E-state index >= 15 is 0 Å². The van der Waals surface area contributed by atoms with Crippen LogP contribution in [0.15, 0.2) is 24.3 Å². The highest BCUT2D eigenvalue weighted by atomic mass is 16.5. The van der Waals surface area contributed by atoms with Crippen molar-refractivity contribution in [2.75, 3.05) is 13.2 Å². The number of aliphatic hydroxyl groups excluding tert-OH is 1. The van der Waals surface area contributed by atoms with Crippen molar-refractivity contribution in [3.05, 3.63) is 29.8 Å². The van der Waals surface area contributed by atoms with Gasteiger partial charge < -0.3 is 14.6 Å². The van der Waals surface area contributed by atoms with Crippen LogP contribution in [0.1, 0.15) is 70.5 Å². The SMILES string of the molecule is CCCCCCCOc1ccc(C(O)CCC(=O)OCC)cc1. The lowest BCUT2D eigenvalue weighted by molar-refractivity contribution is -0.143. The molecule has 1 unspecified atom stereocenters. The van der Waals surface area contributed by atoms with Gasteiger partial charge in [-0.15, -0.1) is 0 Å². The molecule has 4 nitrogen and oxygen atoms in total. The Morgan fingerprint density at radius 2 is 1.78 bits per heavy atom. The van der Waals surface area contributed by atoms with Crippen molar-refractivity contribution >= 4 is 5.97 Å². The molecule has 0 amide bonds. The smallest absolute Gasteiger partial charge is 0.305 e. The maximum Gasteiger partial charge on any atom is 0.305 e. The number of unbranched alkanes of at least 4 members (excludes halogenated alkanes) is 4. The van der Waals surface area contributed by atoms with E-state index in [2.05, 4.69) is 6.92 Å². The average molecular weight is 322 g/mol. The number of benzene rings is 1. The van der Waals surface area contributed by atoms with Gasteiger partial charge in [0.05, 0.1) is 19.3 Å². The van der Waals surface area contributed by atoms with Gasteiger partial charge in [-0.25, -0.2) is 0 Å². The molecular weight excluding hydrogens is 292 g/mol. The molecule has 4 heteroatoms. The molecule has 0 aliphatic rings. The first-order valence-corrected chi connectivity index (χ1v) is 8.73. The molecule has 1 N–H and O–H groups in total. The third-order valence-corrected chi connectivity index (χ3v) is 3.71. The Morgan fingerprint density at radius 1 is 1.09 bits per heavy atom. The summed E-state index contributed by atoms with van der Waals surface area (Å²) in [4.78, 5) is 11.3. The van der Waals surface area contributed by atoms with Crippen LogP contribution in [0.3, 0.4) is 0 Å². The minimum absolute atomic E-state index is 0.227. The first kappa shape index (κ1) is 19.5. The number of carbonyl (C=O) groups is 1. The van der Waals surface area contributed by atoms with Gasteiger partial charge in [0, 0.05) is 6.42 Å². The summed E-state index contributed by atoms with van der Waals surface area (Å²) in [5.41, 5.74) is 0.796. The van der Waals surface area contributed by atoms with Crippen molar-refractivity contribution < 1.29 is 19.4 Å². The summed E-state index contributed by atoms with van der Waals surface area (Å²) in [5, 5.41) is 10.1. The highest BCUT2D eigenvalue weighted by Crippen LogP contribution is 2.21. The van der Waals surface area contributed by atoms with Gasteiger partial charge in [0.2, 0.25) is 0 Å². The molecule has 1 aromatic carbocycles. The second-order valence-corrected chi connectivity index (χ2v) is 5.69. The van der Waals surface area contributed by atoms with E-state index in [-0.39, 0.29) is 12.4 Å². The fraction of sp³-hybridized carbons (Fsp3) is 0.632. The average Bonchev–Trinajstić information content (AvgIpc) is 2.56. The Labute approximate surface area is 139 Å². The van der Waals surface area contributed by atoms with E-state index in [1.165, 1.54) is 25.7 Å². The van der Waals surface area contributed by atoms with E-state index < -0.39 is 6.10 Å². The Morgan fingerprint density at radius 3 is 2.43 bits per heavy atom. The van der Waals surface area contributed by atoms with Gasteiger partial charge in [-0.05, 0) is 37.5 Å². The highest BCUT2D eigenvalue weighted by Gasteiger charge is 2.11. The van der Waals surface area contributed by atoms with Crippen molar-refractivity contribution in [2.45, 2.75) is 64.9 Å². The predicted octanol–water partition coefficient (Wildman–Crippen LogP) is 4.41. The van der Waals surface area contributed by atoms with Gasteiger partial charge in [0.15, 0.2) is 0 Å². The minimum atomic E-state index is -0.650. The lowest BCUT2D eigenvalue weighted by Crippen LogP contribution is -2.07. The van der Waals surface area contributed by atoms with E-state index in [4.69, 9.17) is 9.47 Å². The van der Waals surface area contributed by atoms with E-state index in [9.17, 15) is 9.90 Å².